The lowest BCUT2D eigenvalue weighted by Gasteiger charge is -2.30. The standard InChI is InChI=1S/C10H16BrN3OS/c1-14-2-3-15-8(7-14)4-12-6-10-9(11)5-13-16-10/h5,8,12H,2-4,6-7H2,1H3. The summed E-state index contributed by atoms with van der Waals surface area (Å²) >= 11 is 5.00. The molecule has 4 nitrogen and oxygen atoms in total. The Bertz CT molecular complexity index is 334. The quantitative estimate of drug-likeness (QED) is 0.910. The summed E-state index contributed by atoms with van der Waals surface area (Å²) in [7, 11) is 2.13. The van der Waals surface area contributed by atoms with E-state index in [1.165, 1.54) is 16.4 Å². The van der Waals surface area contributed by atoms with Crippen LogP contribution >= 0.6 is 27.5 Å². The van der Waals surface area contributed by atoms with Gasteiger partial charge < -0.3 is 15.0 Å². The van der Waals surface area contributed by atoms with Crippen molar-refractivity contribution in [3.05, 3.63) is 15.5 Å². The van der Waals surface area contributed by atoms with Gasteiger partial charge >= 0.3 is 0 Å². The number of halogens is 1. The summed E-state index contributed by atoms with van der Waals surface area (Å²) in [5, 5.41) is 3.41. The van der Waals surface area contributed by atoms with Crippen LogP contribution in [0.15, 0.2) is 10.7 Å². The lowest BCUT2D eigenvalue weighted by atomic mass is 10.3. The van der Waals surface area contributed by atoms with Gasteiger partial charge in [0.1, 0.15) is 0 Å². The van der Waals surface area contributed by atoms with E-state index >= 15 is 0 Å². The molecule has 2 heterocycles. The minimum Gasteiger partial charge on any atom is -0.374 e. The summed E-state index contributed by atoms with van der Waals surface area (Å²) in [6.07, 6.45) is 2.15. The number of hydrogen-bond donors (Lipinski definition) is 1. The van der Waals surface area contributed by atoms with E-state index in [9.17, 15) is 0 Å². The molecule has 1 aromatic rings. The molecule has 1 aromatic heterocycles. The molecule has 90 valence electrons. The zero-order chi connectivity index (χ0) is 11.4. The second kappa shape index (κ2) is 6.07. The number of nitrogens with zero attached hydrogens (tertiary/aromatic N) is 2. The van der Waals surface area contributed by atoms with Crippen LogP contribution in [0.25, 0.3) is 0 Å². The van der Waals surface area contributed by atoms with Gasteiger partial charge in [0.15, 0.2) is 0 Å². The first-order chi connectivity index (χ1) is 7.75. The number of ether oxygens (including phenoxy) is 1. The van der Waals surface area contributed by atoms with Gasteiger partial charge in [-0.25, -0.2) is 0 Å². The van der Waals surface area contributed by atoms with E-state index in [1.807, 2.05) is 6.20 Å². The van der Waals surface area contributed by atoms with Crippen molar-refractivity contribution in [1.82, 2.24) is 14.6 Å². The van der Waals surface area contributed by atoms with Gasteiger partial charge in [-0.1, -0.05) is 0 Å². The van der Waals surface area contributed by atoms with Crippen molar-refractivity contribution in [2.45, 2.75) is 12.6 Å². The van der Waals surface area contributed by atoms with E-state index in [2.05, 4.69) is 37.6 Å². The van der Waals surface area contributed by atoms with Crippen LogP contribution in [0, 0.1) is 0 Å². The summed E-state index contributed by atoms with van der Waals surface area (Å²) < 4.78 is 10.9. The Hall–Kier alpha value is -0.0100. The van der Waals surface area contributed by atoms with Crippen molar-refractivity contribution in [3.8, 4) is 0 Å². The van der Waals surface area contributed by atoms with E-state index in [0.29, 0.717) is 6.10 Å². The number of likely N-dealkylation sites (N-methyl/N-ethyl adjacent to an activating group) is 1. The normalized spacial score (nSPS) is 22.5. The summed E-state index contributed by atoms with van der Waals surface area (Å²) in [6.45, 7) is 4.64. The molecule has 1 N–H and O–H groups in total. The van der Waals surface area contributed by atoms with Crippen LogP contribution in [0.1, 0.15) is 4.88 Å². The van der Waals surface area contributed by atoms with Crippen molar-refractivity contribution >= 4 is 27.5 Å². The molecule has 0 aliphatic carbocycles. The van der Waals surface area contributed by atoms with Gasteiger partial charge in [0, 0.05) is 26.2 Å². The van der Waals surface area contributed by atoms with Gasteiger partial charge in [-0.3, -0.25) is 0 Å². The molecule has 1 aliphatic heterocycles. The van der Waals surface area contributed by atoms with E-state index in [1.54, 1.807) is 0 Å². The maximum atomic E-state index is 5.67. The molecule has 16 heavy (non-hydrogen) atoms. The molecule has 2 rings (SSSR count). The Morgan fingerprint density at radius 1 is 1.75 bits per heavy atom. The Morgan fingerprint density at radius 3 is 3.31 bits per heavy atom. The molecule has 0 radical (unpaired) electrons. The van der Waals surface area contributed by atoms with Gasteiger partial charge in [0.2, 0.25) is 0 Å². The SMILES string of the molecule is CN1CCOC(CNCc2sncc2Br)C1. The second-order valence-electron chi connectivity index (χ2n) is 3.98. The highest BCUT2D eigenvalue weighted by molar-refractivity contribution is 9.10. The second-order valence-corrected chi connectivity index (χ2v) is 5.72. The van der Waals surface area contributed by atoms with Crippen molar-refractivity contribution < 1.29 is 4.74 Å². The molecule has 0 amide bonds. The Labute approximate surface area is 108 Å². The smallest absolute Gasteiger partial charge is 0.0826 e. The van der Waals surface area contributed by atoms with Crippen LogP contribution in [0.2, 0.25) is 0 Å². The highest BCUT2D eigenvalue weighted by atomic mass is 79.9. The predicted octanol–water partition coefficient (Wildman–Crippen LogP) is 1.33. The van der Waals surface area contributed by atoms with Crippen LogP contribution in [-0.2, 0) is 11.3 Å². The van der Waals surface area contributed by atoms with Crippen molar-refractivity contribution in [2.24, 2.45) is 0 Å². The number of aromatic nitrogens is 1. The highest BCUT2D eigenvalue weighted by Crippen LogP contribution is 2.19. The number of hydrogen-bond acceptors (Lipinski definition) is 5. The molecule has 6 heteroatoms. The minimum atomic E-state index is 0.311. The maximum Gasteiger partial charge on any atom is 0.0826 e. The van der Waals surface area contributed by atoms with Crippen LogP contribution < -0.4 is 5.32 Å². The van der Waals surface area contributed by atoms with Crippen molar-refractivity contribution in [2.75, 3.05) is 33.3 Å². The van der Waals surface area contributed by atoms with Crippen LogP contribution in [0.4, 0.5) is 0 Å². The van der Waals surface area contributed by atoms with Crippen molar-refractivity contribution in [1.29, 1.82) is 0 Å². The van der Waals surface area contributed by atoms with E-state index in [4.69, 9.17) is 4.74 Å². The van der Waals surface area contributed by atoms with Gasteiger partial charge in [0.25, 0.3) is 0 Å². The van der Waals surface area contributed by atoms with E-state index in [-0.39, 0.29) is 0 Å². The number of rotatable bonds is 4. The molecule has 1 saturated heterocycles. The Kier molecular flexibility index (Phi) is 4.72. The fourth-order valence-electron chi connectivity index (χ4n) is 1.71. The average molecular weight is 306 g/mol. The third kappa shape index (κ3) is 3.49. The zero-order valence-electron chi connectivity index (χ0n) is 9.28. The molecule has 1 unspecified atom stereocenters. The Balaban J connectivity index is 1.70. The first-order valence-corrected chi connectivity index (χ1v) is 6.92. The van der Waals surface area contributed by atoms with Gasteiger partial charge in [-0.05, 0) is 34.5 Å². The van der Waals surface area contributed by atoms with Crippen molar-refractivity contribution in [3.63, 3.8) is 0 Å². The molecule has 0 aromatic carbocycles. The maximum absolute atomic E-state index is 5.67. The topological polar surface area (TPSA) is 37.4 Å². The van der Waals surface area contributed by atoms with Crippen LogP contribution in [0.5, 0.6) is 0 Å². The first-order valence-electron chi connectivity index (χ1n) is 5.35. The lowest BCUT2D eigenvalue weighted by molar-refractivity contribution is -0.0182. The van der Waals surface area contributed by atoms with Gasteiger partial charge in [0.05, 0.1) is 28.3 Å². The van der Waals surface area contributed by atoms with E-state index < -0.39 is 0 Å². The lowest BCUT2D eigenvalue weighted by Crippen LogP contribution is -2.44. The van der Waals surface area contributed by atoms with E-state index in [0.717, 1.165) is 37.3 Å². The average Bonchev–Trinajstić information content (AvgIpc) is 2.65. The van der Waals surface area contributed by atoms with Crippen LogP contribution in [0.3, 0.4) is 0 Å². The summed E-state index contributed by atoms with van der Waals surface area (Å²) in [5.41, 5.74) is 0. The van der Waals surface area contributed by atoms with Gasteiger partial charge in [-0.2, -0.15) is 4.37 Å². The highest BCUT2D eigenvalue weighted by Gasteiger charge is 2.17. The molecule has 1 atom stereocenters. The summed E-state index contributed by atoms with van der Waals surface area (Å²) in [5.74, 6) is 0. The monoisotopic (exact) mass is 305 g/mol. The third-order valence-electron chi connectivity index (χ3n) is 2.59. The molecular formula is C10H16BrN3OS. The Morgan fingerprint density at radius 2 is 2.62 bits per heavy atom. The molecular weight excluding hydrogens is 290 g/mol. The first kappa shape index (κ1) is 12.4. The molecule has 1 fully saturated rings. The molecule has 1 aliphatic rings. The fraction of sp³-hybridized carbons (Fsp3) is 0.700. The summed E-state index contributed by atoms with van der Waals surface area (Å²) in [4.78, 5) is 3.54. The fourth-order valence-corrected chi connectivity index (χ4v) is 2.89. The zero-order valence-corrected chi connectivity index (χ0v) is 11.7. The third-order valence-corrected chi connectivity index (χ3v) is 4.34. The van der Waals surface area contributed by atoms with Crippen LogP contribution in [-0.4, -0.2) is 48.7 Å². The summed E-state index contributed by atoms with van der Waals surface area (Å²) in [6, 6.07) is 0. The largest absolute Gasteiger partial charge is 0.374 e. The number of nitrogens with one attached hydrogen (secondary N) is 1. The molecule has 0 saturated carbocycles. The molecule has 0 spiro atoms. The molecule has 0 bridgehead atoms. The predicted molar refractivity (Wildman–Crippen MR) is 68.8 cm³/mol. The number of morpholine rings is 1. The minimum absolute atomic E-state index is 0.311. The van der Waals surface area contributed by atoms with Gasteiger partial charge in [-0.15, -0.1) is 0 Å².